The molecule has 2 N–H and O–H groups in total. The highest BCUT2D eigenvalue weighted by Gasteiger charge is 2.37. The van der Waals surface area contributed by atoms with E-state index in [9.17, 15) is 0 Å². The average Bonchev–Trinajstić information content (AvgIpc) is 2.91. The van der Waals surface area contributed by atoms with E-state index in [4.69, 9.17) is 10.3 Å². The summed E-state index contributed by atoms with van der Waals surface area (Å²) in [7, 11) is 0. The van der Waals surface area contributed by atoms with Gasteiger partial charge in [0.05, 0.1) is 0 Å². The predicted octanol–water partition coefficient (Wildman–Crippen LogP) is 3.13. The molecule has 0 spiro atoms. The van der Waals surface area contributed by atoms with Crippen LogP contribution in [-0.2, 0) is 6.42 Å². The molecule has 106 valence electrons. The highest BCUT2D eigenvalue weighted by Crippen LogP contribution is 2.42. The second kappa shape index (κ2) is 5.58. The third-order valence-corrected chi connectivity index (χ3v) is 4.93. The zero-order valence-corrected chi connectivity index (χ0v) is 12.4. The van der Waals surface area contributed by atoms with Crippen molar-refractivity contribution >= 4 is 11.8 Å². The standard InChI is InChI=1S/C15H19N3OS/c1-20-12-5-3-11(4-6-12)14-17-13(19-18-14)9-15(10-16)7-2-8-15/h3-6H,2,7-10,16H2,1H3. The number of aromatic nitrogens is 2. The zero-order chi connectivity index (χ0) is 14.0. The molecule has 1 aromatic carbocycles. The van der Waals surface area contributed by atoms with Crippen molar-refractivity contribution in [2.75, 3.05) is 12.8 Å². The summed E-state index contributed by atoms with van der Waals surface area (Å²) in [6.45, 7) is 0.702. The van der Waals surface area contributed by atoms with Crippen LogP contribution in [-0.4, -0.2) is 22.9 Å². The second-order valence-electron chi connectivity index (χ2n) is 5.47. The molecule has 1 aromatic heterocycles. The van der Waals surface area contributed by atoms with Crippen molar-refractivity contribution < 1.29 is 4.52 Å². The fourth-order valence-electron chi connectivity index (χ4n) is 2.63. The Hall–Kier alpha value is -1.33. The molecule has 0 atom stereocenters. The van der Waals surface area contributed by atoms with Gasteiger partial charge in [0, 0.05) is 16.9 Å². The molecule has 1 aliphatic rings. The Bertz CT molecular complexity index is 570. The van der Waals surface area contributed by atoms with Crippen LogP contribution < -0.4 is 5.73 Å². The van der Waals surface area contributed by atoms with E-state index >= 15 is 0 Å². The monoisotopic (exact) mass is 289 g/mol. The first kappa shape index (κ1) is 13.6. The molecule has 2 aromatic rings. The van der Waals surface area contributed by atoms with Crippen LogP contribution in [0.2, 0.25) is 0 Å². The zero-order valence-electron chi connectivity index (χ0n) is 11.6. The molecule has 1 heterocycles. The van der Waals surface area contributed by atoms with Crippen molar-refractivity contribution in [2.24, 2.45) is 11.1 Å². The van der Waals surface area contributed by atoms with Gasteiger partial charge in [0.1, 0.15) is 0 Å². The molecule has 20 heavy (non-hydrogen) atoms. The van der Waals surface area contributed by atoms with E-state index in [1.807, 2.05) is 12.1 Å². The van der Waals surface area contributed by atoms with Gasteiger partial charge in [-0.3, -0.25) is 0 Å². The highest BCUT2D eigenvalue weighted by molar-refractivity contribution is 7.98. The summed E-state index contributed by atoms with van der Waals surface area (Å²) in [6, 6.07) is 8.21. The molecule has 0 bridgehead atoms. The van der Waals surface area contributed by atoms with Crippen molar-refractivity contribution in [3.8, 4) is 11.4 Å². The van der Waals surface area contributed by atoms with Gasteiger partial charge in [0.15, 0.2) is 0 Å². The summed E-state index contributed by atoms with van der Waals surface area (Å²) in [4.78, 5) is 5.74. The normalized spacial score (nSPS) is 16.9. The largest absolute Gasteiger partial charge is 0.339 e. The minimum absolute atomic E-state index is 0.201. The summed E-state index contributed by atoms with van der Waals surface area (Å²) in [6.07, 6.45) is 6.47. The number of benzene rings is 1. The number of hydrogen-bond donors (Lipinski definition) is 1. The Balaban J connectivity index is 1.75. The van der Waals surface area contributed by atoms with Crippen molar-refractivity contribution in [1.29, 1.82) is 0 Å². The van der Waals surface area contributed by atoms with Crippen molar-refractivity contribution in [3.05, 3.63) is 30.2 Å². The van der Waals surface area contributed by atoms with Crippen LogP contribution >= 0.6 is 11.8 Å². The summed E-state index contributed by atoms with van der Waals surface area (Å²) in [5.74, 6) is 1.37. The second-order valence-corrected chi connectivity index (χ2v) is 6.35. The number of nitrogens with two attached hydrogens (primary N) is 1. The third-order valence-electron chi connectivity index (χ3n) is 4.19. The maximum atomic E-state index is 5.87. The summed E-state index contributed by atoms with van der Waals surface area (Å²) >= 11 is 1.72. The summed E-state index contributed by atoms with van der Waals surface area (Å²) in [5, 5.41) is 4.09. The van der Waals surface area contributed by atoms with Gasteiger partial charge in [-0.25, -0.2) is 0 Å². The maximum Gasteiger partial charge on any atom is 0.227 e. The molecular weight excluding hydrogens is 270 g/mol. The third kappa shape index (κ3) is 2.60. The van der Waals surface area contributed by atoms with E-state index < -0.39 is 0 Å². The maximum absolute atomic E-state index is 5.87. The lowest BCUT2D eigenvalue weighted by Crippen LogP contribution is -2.39. The lowest BCUT2D eigenvalue weighted by atomic mass is 9.67. The molecule has 4 nitrogen and oxygen atoms in total. The van der Waals surface area contributed by atoms with Crippen LogP contribution in [0.3, 0.4) is 0 Å². The predicted molar refractivity (Wildman–Crippen MR) is 80.6 cm³/mol. The van der Waals surface area contributed by atoms with Crippen molar-refractivity contribution in [2.45, 2.75) is 30.6 Å². The number of thioether (sulfide) groups is 1. The molecule has 1 saturated carbocycles. The molecule has 0 saturated heterocycles. The Labute approximate surface area is 123 Å². The topological polar surface area (TPSA) is 64.9 Å². The van der Waals surface area contributed by atoms with E-state index in [0.29, 0.717) is 18.3 Å². The lowest BCUT2D eigenvalue weighted by molar-refractivity contribution is 0.129. The van der Waals surface area contributed by atoms with Gasteiger partial charge < -0.3 is 10.3 Å². The molecular formula is C15H19N3OS. The number of rotatable bonds is 5. The molecule has 1 fully saturated rings. The van der Waals surface area contributed by atoms with Gasteiger partial charge in [-0.15, -0.1) is 11.8 Å². The first-order chi connectivity index (χ1) is 9.74. The van der Waals surface area contributed by atoms with Crippen LogP contribution in [0.4, 0.5) is 0 Å². The number of nitrogens with zero attached hydrogens (tertiary/aromatic N) is 2. The Morgan fingerprint density at radius 1 is 1.30 bits per heavy atom. The molecule has 1 aliphatic carbocycles. The van der Waals surface area contributed by atoms with E-state index in [2.05, 4.69) is 28.5 Å². The van der Waals surface area contributed by atoms with Gasteiger partial charge in [-0.2, -0.15) is 4.98 Å². The van der Waals surface area contributed by atoms with E-state index in [1.165, 1.54) is 24.2 Å². The van der Waals surface area contributed by atoms with E-state index in [1.54, 1.807) is 11.8 Å². The molecule has 0 aliphatic heterocycles. The van der Waals surface area contributed by atoms with Crippen molar-refractivity contribution in [1.82, 2.24) is 10.1 Å². The van der Waals surface area contributed by atoms with E-state index in [-0.39, 0.29) is 5.41 Å². The van der Waals surface area contributed by atoms with E-state index in [0.717, 1.165) is 12.0 Å². The smallest absolute Gasteiger partial charge is 0.227 e. The summed E-state index contributed by atoms with van der Waals surface area (Å²) in [5.41, 5.74) is 7.07. The highest BCUT2D eigenvalue weighted by atomic mass is 32.2. The fourth-order valence-corrected chi connectivity index (χ4v) is 3.04. The van der Waals surface area contributed by atoms with Gasteiger partial charge in [0.2, 0.25) is 11.7 Å². The Morgan fingerprint density at radius 3 is 2.60 bits per heavy atom. The van der Waals surface area contributed by atoms with Crippen LogP contribution in [0.15, 0.2) is 33.7 Å². The molecule has 0 radical (unpaired) electrons. The van der Waals surface area contributed by atoms with Crippen molar-refractivity contribution in [3.63, 3.8) is 0 Å². The molecule has 5 heteroatoms. The van der Waals surface area contributed by atoms with Crippen LogP contribution in [0.25, 0.3) is 11.4 Å². The van der Waals surface area contributed by atoms with Crippen LogP contribution in [0.1, 0.15) is 25.2 Å². The fraction of sp³-hybridized carbons (Fsp3) is 0.467. The van der Waals surface area contributed by atoms with Gasteiger partial charge in [-0.05, 0) is 55.3 Å². The Kier molecular flexibility index (Phi) is 3.81. The molecule has 0 amide bonds. The first-order valence-corrected chi connectivity index (χ1v) is 8.14. The van der Waals surface area contributed by atoms with Gasteiger partial charge in [0.25, 0.3) is 0 Å². The van der Waals surface area contributed by atoms with Gasteiger partial charge >= 0.3 is 0 Å². The minimum atomic E-state index is 0.201. The first-order valence-electron chi connectivity index (χ1n) is 6.92. The Morgan fingerprint density at radius 2 is 2.05 bits per heavy atom. The van der Waals surface area contributed by atoms with Crippen LogP contribution in [0.5, 0.6) is 0 Å². The minimum Gasteiger partial charge on any atom is -0.339 e. The number of hydrogen-bond acceptors (Lipinski definition) is 5. The SMILES string of the molecule is CSc1ccc(-c2noc(CC3(CN)CCC3)n2)cc1. The quantitative estimate of drug-likeness (QED) is 0.857. The van der Waals surface area contributed by atoms with Crippen LogP contribution in [0, 0.1) is 5.41 Å². The lowest BCUT2D eigenvalue weighted by Gasteiger charge is -2.39. The molecule has 0 unspecified atom stereocenters. The van der Waals surface area contributed by atoms with Gasteiger partial charge in [-0.1, -0.05) is 11.6 Å². The summed E-state index contributed by atoms with van der Waals surface area (Å²) < 4.78 is 5.39. The average molecular weight is 289 g/mol. The molecule has 3 rings (SSSR count).